The van der Waals surface area contributed by atoms with Crippen molar-refractivity contribution in [2.75, 3.05) is 16.8 Å². The highest BCUT2D eigenvalue weighted by atomic mass is 32.2. The van der Waals surface area contributed by atoms with Crippen LogP contribution < -0.4 is 11.1 Å². The predicted octanol–water partition coefficient (Wildman–Crippen LogP) is 3.28. The lowest BCUT2D eigenvalue weighted by Gasteiger charge is -2.08. The van der Waals surface area contributed by atoms with E-state index in [0.29, 0.717) is 10.6 Å². The van der Waals surface area contributed by atoms with Crippen LogP contribution in [0.1, 0.15) is 0 Å². The first-order chi connectivity index (χ1) is 9.54. The van der Waals surface area contributed by atoms with Gasteiger partial charge in [-0.1, -0.05) is 6.07 Å². The molecule has 2 aromatic rings. The molecule has 0 fully saturated rings. The highest BCUT2D eigenvalue weighted by Gasteiger charge is 2.07. The van der Waals surface area contributed by atoms with Crippen molar-refractivity contribution in [1.82, 2.24) is 0 Å². The van der Waals surface area contributed by atoms with Crippen molar-refractivity contribution >= 4 is 29.0 Å². The largest absolute Gasteiger partial charge is 0.397 e. The van der Waals surface area contributed by atoms with Gasteiger partial charge in [-0.15, -0.1) is 11.8 Å². The molecule has 6 heteroatoms. The Balaban J connectivity index is 1.92. The van der Waals surface area contributed by atoms with E-state index in [-0.39, 0.29) is 23.2 Å². The van der Waals surface area contributed by atoms with Crippen LogP contribution in [0.2, 0.25) is 0 Å². The number of carbonyl (C=O) groups excluding carboxylic acids is 1. The van der Waals surface area contributed by atoms with Gasteiger partial charge in [-0.05, 0) is 36.4 Å². The van der Waals surface area contributed by atoms with Crippen molar-refractivity contribution in [2.24, 2.45) is 0 Å². The van der Waals surface area contributed by atoms with Crippen LogP contribution in [0.15, 0.2) is 47.4 Å². The molecule has 3 N–H and O–H groups in total. The van der Waals surface area contributed by atoms with E-state index < -0.39 is 5.82 Å². The Morgan fingerprint density at radius 2 is 1.90 bits per heavy atom. The molecule has 0 saturated heterocycles. The highest BCUT2D eigenvalue weighted by molar-refractivity contribution is 8.00. The van der Waals surface area contributed by atoms with Crippen molar-refractivity contribution in [1.29, 1.82) is 0 Å². The van der Waals surface area contributed by atoms with Crippen LogP contribution in [-0.4, -0.2) is 11.7 Å². The summed E-state index contributed by atoms with van der Waals surface area (Å²) in [5.74, 6) is -0.995. The van der Waals surface area contributed by atoms with Crippen LogP contribution in [0.5, 0.6) is 0 Å². The molecule has 0 spiro atoms. The van der Waals surface area contributed by atoms with Crippen molar-refractivity contribution in [3.05, 3.63) is 54.1 Å². The third kappa shape index (κ3) is 3.96. The third-order valence-corrected chi connectivity index (χ3v) is 3.45. The van der Waals surface area contributed by atoms with E-state index in [9.17, 15) is 13.6 Å². The summed E-state index contributed by atoms with van der Waals surface area (Å²) >= 11 is 1.20. The van der Waals surface area contributed by atoms with Crippen molar-refractivity contribution in [2.45, 2.75) is 4.90 Å². The molecule has 2 rings (SSSR count). The van der Waals surface area contributed by atoms with E-state index >= 15 is 0 Å². The molecule has 0 aromatic heterocycles. The quantitative estimate of drug-likeness (QED) is 0.672. The second-order valence-corrected chi connectivity index (χ2v) is 5.07. The number of nitrogens with one attached hydrogen (secondary N) is 1. The van der Waals surface area contributed by atoms with Crippen LogP contribution in [-0.2, 0) is 4.79 Å². The summed E-state index contributed by atoms with van der Waals surface area (Å²) in [6.07, 6.45) is 0. The van der Waals surface area contributed by atoms with E-state index in [1.165, 1.54) is 36.0 Å². The van der Waals surface area contributed by atoms with E-state index in [0.717, 1.165) is 6.07 Å². The van der Waals surface area contributed by atoms with Gasteiger partial charge in [-0.2, -0.15) is 0 Å². The van der Waals surface area contributed by atoms with Gasteiger partial charge in [-0.25, -0.2) is 8.78 Å². The summed E-state index contributed by atoms with van der Waals surface area (Å²) in [5, 5.41) is 2.58. The molecule has 0 saturated carbocycles. The molecule has 0 aliphatic carbocycles. The Morgan fingerprint density at radius 1 is 1.15 bits per heavy atom. The van der Waals surface area contributed by atoms with E-state index in [4.69, 9.17) is 5.73 Å². The topological polar surface area (TPSA) is 55.1 Å². The first kappa shape index (κ1) is 14.3. The predicted molar refractivity (Wildman–Crippen MR) is 76.6 cm³/mol. The molecule has 0 bridgehead atoms. The first-order valence-electron chi connectivity index (χ1n) is 5.78. The third-order valence-electron chi connectivity index (χ3n) is 2.45. The minimum atomic E-state index is -0.463. The van der Waals surface area contributed by atoms with Crippen LogP contribution in [0.4, 0.5) is 20.2 Å². The molecule has 0 atom stereocenters. The summed E-state index contributed by atoms with van der Waals surface area (Å²) in [6.45, 7) is 0. The smallest absolute Gasteiger partial charge is 0.234 e. The average molecular weight is 294 g/mol. The summed E-state index contributed by atoms with van der Waals surface area (Å²) in [5.41, 5.74) is 6.10. The molecule has 0 heterocycles. The van der Waals surface area contributed by atoms with E-state index in [2.05, 4.69) is 5.32 Å². The maximum atomic E-state index is 13.0. The molecule has 0 unspecified atom stereocenters. The second-order valence-electron chi connectivity index (χ2n) is 4.03. The lowest BCUT2D eigenvalue weighted by Crippen LogP contribution is -2.15. The Hall–Kier alpha value is -2.08. The standard InChI is InChI=1S/C14H12F2N2OS/c15-9-2-1-3-11(6-9)20-8-14(19)18-13-5-4-10(16)7-12(13)17/h1-7H,8,17H2,(H,18,19). The zero-order valence-corrected chi connectivity index (χ0v) is 11.2. The zero-order chi connectivity index (χ0) is 14.5. The Bertz CT molecular complexity index is 634. The number of amides is 1. The summed E-state index contributed by atoms with van der Waals surface area (Å²) in [4.78, 5) is 12.4. The minimum Gasteiger partial charge on any atom is -0.397 e. The normalized spacial score (nSPS) is 10.3. The Morgan fingerprint density at radius 3 is 2.60 bits per heavy atom. The van der Waals surface area contributed by atoms with Crippen LogP contribution >= 0.6 is 11.8 Å². The van der Waals surface area contributed by atoms with Crippen LogP contribution in [0.3, 0.4) is 0 Å². The Labute approximate surface area is 119 Å². The summed E-state index contributed by atoms with van der Waals surface area (Å²) in [7, 11) is 0. The van der Waals surface area contributed by atoms with Crippen molar-refractivity contribution in [3.63, 3.8) is 0 Å². The molecule has 0 aliphatic heterocycles. The van der Waals surface area contributed by atoms with Gasteiger partial charge in [0.05, 0.1) is 17.1 Å². The van der Waals surface area contributed by atoms with Crippen molar-refractivity contribution < 1.29 is 13.6 Å². The molecular formula is C14H12F2N2OS. The maximum Gasteiger partial charge on any atom is 0.234 e. The number of nitrogen functional groups attached to an aromatic ring is 1. The SMILES string of the molecule is Nc1cc(F)ccc1NC(=O)CSc1cccc(F)c1. The number of benzene rings is 2. The highest BCUT2D eigenvalue weighted by Crippen LogP contribution is 2.21. The number of halogens is 2. The molecular weight excluding hydrogens is 282 g/mol. The molecule has 1 amide bonds. The lowest BCUT2D eigenvalue weighted by molar-refractivity contribution is -0.113. The number of carbonyl (C=O) groups is 1. The summed E-state index contributed by atoms with van der Waals surface area (Å²) in [6, 6.07) is 9.73. The fourth-order valence-corrected chi connectivity index (χ4v) is 2.28. The van der Waals surface area contributed by atoms with Gasteiger partial charge in [0.25, 0.3) is 0 Å². The van der Waals surface area contributed by atoms with Crippen LogP contribution in [0, 0.1) is 11.6 Å². The minimum absolute atomic E-state index is 0.111. The molecule has 3 nitrogen and oxygen atoms in total. The van der Waals surface area contributed by atoms with Gasteiger partial charge in [0.1, 0.15) is 11.6 Å². The Kier molecular flexibility index (Phi) is 4.57. The number of anilines is 2. The number of thioether (sulfide) groups is 1. The molecule has 2 aromatic carbocycles. The van der Waals surface area contributed by atoms with Crippen molar-refractivity contribution in [3.8, 4) is 0 Å². The maximum absolute atomic E-state index is 13.0. The fraction of sp³-hybridized carbons (Fsp3) is 0.0714. The van der Waals surface area contributed by atoms with Gasteiger partial charge >= 0.3 is 0 Å². The number of nitrogens with two attached hydrogens (primary N) is 1. The number of rotatable bonds is 4. The monoisotopic (exact) mass is 294 g/mol. The first-order valence-corrected chi connectivity index (χ1v) is 6.76. The molecule has 20 heavy (non-hydrogen) atoms. The van der Waals surface area contributed by atoms with Gasteiger partial charge in [0.15, 0.2) is 0 Å². The van der Waals surface area contributed by atoms with E-state index in [1.54, 1.807) is 12.1 Å². The second kappa shape index (κ2) is 6.38. The fourth-order valence-electron chi connectivity index (χ4n) is 1.54. The van der Waals surface area contributed by atoms with Gasteiger partial charge in [0.2, 0.25) is 5.91 Å². The number of hydrogen-bond acceptors (Lipinski definition) is 3. The van der Waals surface area contributed by atoms with E-state index in [1.807, 2.05) is 0 Å². The summed E-state index contributed by atoms with van der Waals surface area (Å²) < 4.78 is 25.8. The van der Waals surface area contributed by atoms with Gasteiger partial charge in [-0.3, -0.25) is 4.79 Å². The zero-order valence-electron chi connectivity index (χ0n) is 10.4. The average Bonchev–Trinajstić information content (AvgIpc) is 2.40. The van der Waals surface area contributed by atoms with Gasteiger partial charge < -0.3 is 11.1 Å². The molecule has 104 valence electrons. The number of hydrogen-bond donors (Lipinski definition) is 2. The molecule has 0 radical (unpaired) electrons. The molecule has 0 aliphatic rings. The van der Waals surface area contributed by atoms with Gasteiger partial charge in [0, 0.05) is 4.90 Å². The lowest BCUT2D eigenvalue weighted by atomic mass is 10.2. The van der Waals surface area contributed by atoms with Crippen LogP contribution in [0.25, 0.3) is 0 Å².